The van der Waals surface area contributed by atoms with Crippen molar-refractivity contribution >= 4 is 5.91 Å². The summed E-state index contributed by atoms with van der Waals surface area (Å²) in [6, 6.07) is 3.54. The lowest BCUT2D eigenvalue weighted by Crippen LogP contribution is -2.38. The van der Waals surface area contributed by atoms with Gasteiger partial charge in [0.1, 0.15) is 5.75 Å². The molecule has 0 aliphatic heterocycles. The van der Waals surface area contributed by atoms with E-state index in [9.17, 15) is 18.0 Å². The standard InChI is InChI=1S/C13H14F3NO2/c1-19-10-6-4-8(5-7-10)11(13(14,15)16)17-12(18)9-2-3-9/h4-7,9,11H,2-3H2,1H3,(H,17,18). The van der Waals surface area contributed by atoms with Gasteiger partial charge in [0.25, 0.3) is 0 Å². The van der Waals surface area contributed by atoms with E-state index in [0.29, 0.717) is 18.6 Å². The van der Waals surface area contributed by atoms with Crippen molar-refractivity contribution in [2.24, 2.45) is 5.92 Å². The van der Waals surface area contributed by atoms with Crippen LogP contribution in [0.5, 0.6) is 5.75 Å². The first kappa shape index (κ1) is 13.7. The fourth-order valence-corrected chi connectivity index (χ4v) is 1.76. The summed E-state index contributed by atoms with van der Waals surface area (Å²) in [5, 5.41) is 2.07. The summed E-state index contributed by atoms with van der Waals surface area (Å²) >= 11 is 0. The zero-order valence-corrected chi connectivity index (χ0v) is 10.3. The minimum Gasteiger partial charge on any atom is -0.497 e. The Bertz CT molecular complexity index is 452. The molecular weight excluding hydrogens is 259 g/mol. The molecule has 0 heterocycles. The minimum atomic E-state index is -4.51. The van der Waals surface area contributed by atoms with E-state index in [4.69, 9.17) is 4.74 Å². The topological polar surface area (TPSA) is 38.3 Å². The third-order valence-electron chi connectivity index (χ3n) is 3.01. The quantitative estimate of drug-likeness (QED) is 0.916. The fourth-order valence-electron chi connectivity index (χ4n) is 1.76. The number of amides is 1. The molecule has 3 nitrogen and oxygen atoms in total. The maximum absolute atomic E-state index is 13.0. The van der Waals surface area contributed by atoms with E-state index < -0.39 is 18.1 Å². The van der Waals surface area contributed by atoms with E-state index >= 15 is 0 Å². The third-order valence-corrected chi connectivity index (χ3v) is 3.01. The lowest BCUT2D eigenvalue weighted by atomic mass is 10.1. The number of ether oxygens (including phenoxy) is 1. The molecule has 0 bridgehead atoms. The van der Waals surface area contributed by atoms with Gasteiger partial charge in [0.05, 0.1) is 7.11 Å². The van der Waals surface area contributed by atoms with Crippen molar-refractivity contribution in [3.8, 4) is 5.75 Å². The lowest BCUT2D eigenvalue weighted by Gasteiger charge is -2.22. The highest BCUT2D eigenvalue weighted by atomic mass is 19.4. The molecule has 1 amide bonds. The van der Waals surface area contributed by atoms with Crippen LogP contribution in [0.4, 0.5) is 13.2 Å². The van der Waals surface area contributed by atoms with Crippen LogP contribution in [0.25, 0.3) is 0 Å². The summed E-state index contributed by atoms with van der Waals surface area (Å²) in [6.07, 6.45) is -3.18. The molecule has 1 aromatic carbocycles. The molecule has 104 valence electrons. The van der Waals surface area contributed by atoms with Crippen molar-refractivity contribution < 1.29 is 22.7 Å². The van der Waals surface area contributed by atoms with Gasteiger partial charge < -0.3 is 10.1 Å². The first-order valence-electron chi connectivity index (χ1n) is 5.93. The van der Waals surface area contributed by atoms with Crippen LogP contribution in [-0.2, 0) is 4.79 Å². The van der Waals surface area contributed by atoms with Crippen molar-refractivity contribution in [2.45, 2.75) is 25.1 Å². The molecule has 19 heavy (non-hydrogen) atoms. The second-order valence-corrected chi connectivity index (χ2v) is 4.53. The van der Waals surface area contributed by atoms with Crippen molar-refractivity contribution in [2.75, 3.05) is 7.11 Å². The fraction of sp³-hybridized carbons (Fsp3) is 0.462. The average Bonchev–Trinajstić information content (AvgIpc) is 3.18. The largest absolute Gasteiger partial charge is 0.497 e. The second kappa shape index (κ2) is 5.11. The molecule has 6 heteroatoms. The molecule has 1 saturated carbocycles. The number of methoxy groups -OCH3 is 1. The Morgan fingerprint density at radius 1 is 1.32 bits per heavy atom. The Balaban J connectivity index is 2.18. The molecule has 0 spiro atoms. The predicted octanol–water partition coefficient (Wildman–Crippen LogP) is 2.82. The van der Waals surface area contributed by atoms with Gasteiger partial charge in [0.2, 0.25) is 5.91 Å². The van der Waals surface area contributed by atoms with E-state index in [1.165, 1.54) is 31.4 Å². The Morgan fingerprint density at radius 2 is 1.89 bits per heavy atom. The first-order valence-corrected chi connectivity index (χ1v) is 5.93. The molecule has 2 rings (SSSR count). The molecule has 1 unspecified atom stereocenters. The number of benzene rings is 1. The molecule has 1 N–H and O–H groups in total. The summed E-state index contributed by atoms with van der Waals surface area (Å²) < 4.78 is 43.9. The molecule has 1 aromatic rings. The summed E-state index contributed by atoms with van der Waals surface area (Å²) in [6.45, 7) is 0. The minimum absolute atomic E-state index is 0.00213. The molecule has 1 fully saturated rings. The van der Waals surface area contributed by atoms with Crippen LogP contribution in [0.2, 0.25) is 0 Å². The van der Waals surface area contributed by atoms with Gasteiger partial charge >= 0.3 is 6.18 Å². The van der Waals surface area contributed by atoms with Gasteiger partial charge in [-0.1, -0.05) is 12.1 Å². The van der Waals surface area contributed by atoms with Gasteiger partial charge in [-0.3, -0.25) is 4.79 Å². The Hall–Kier alpha value is -1.72. The Kier molecular flexibility index (Phi) is 3.68. The van der Waals surface area contributed by atoms with E-state index in [2.05, 4.69) is 5.32 Å². The maximum atomic E-state index is 13.0. The van der Waals surface area contributed by atoms with E-state index in [0.717, 1.165) is 0 Å². The summed E-state index contributed by atoms with van der Waals surface area (Å²) in [5.41, 5.74) is 0.00213. The van der Waals surface area contributed by atoms with E-state index in [-0.39, 0.29) is 11.5 Å². The SMILES string of the molecule is COc1ccc(C(NC(=O)C2CC2)C(F)(F)F)cc1. The zero-order chi connectivity index (χ0) is 14.0. The summed E-state index contributed by atoms with van der Waals surface area (Å²) in [7, 11) is 1.44. The molecular formula is C13H14F3NO2. The Labute approximate surface area is 108 Å². The smallest absolute Gasteiger partial charge is 0.412 e. The normalized spacial score (nSPS) is 16.8. The molecule has 1 atom stereocenters. The summed E-state index contributed by atoms with van der Waals surface area (Å²) in [5.74, 6) is -0.320. The van der Waals surface area contributed by atoms with Gasteiger partial charge in [-0.2, -0.15) is 13.2 Å². The van der Waals surface area contributed by atoms with Gasteiger partial charge in [0.15, 0.2) is 6.04 Å². The highest BCUT2D eigenvalue weighted by molar-refractivity contribution is 5.81. The van der Waals surface area contributed by atoms with Crippen LogP contribution in [-0.4, -0.2) is 19.2 Å². The van der Waals surface area contributed by atoms with E-state index in [1.54, 1.807) is 0 Å². The number of nitrogens with one attached hydrogen (secondary N) is 1. The summed E-state index contributed by atoms with van der Waals surface area (Å²) in [4.78, 5) is 11.5. The molecule has 0 aromatic heterocycles. The highest BCUT2D eigenvalue weighted by Crippen LogP contribution is 2.36. The molecule has 1 aliphatic carbocycles. The number of hydrogen-bond acceptors (Lipinski definition) is 2. The Morgan fingerprint density at radius 3 is 2.32 bits per heavy atom. The highest BCUT2D eigenvalue weighted by Gasteiger charge is 2.43. The number of carbonyl (C=O) groups is 1. The van der Waals surface area contributed by atoms with Crippen molar-refractivity contribution in [1.82, 2.24) is 5.32 Å². The number of carbonyl (C=O) groups excluding carboxylic acids is 1. The molecule has 0 saturated heterocycles. The van der Waals surface area contributed by atoms with Gasteiger partial charge in [0, 0.05) is 5.92 Å². The van der Waals surface area contributed by atoms with Crippen LogP contribution in [0.3, 0.4) is 0 Å². The van der Waals surface area contributed by atoms with Crippen molar-refractivity contribution in [3.63, 3.8) is 0 Å². The van der Waals surface area contributed by atoms with Gasteiger partial charge in [-0.15, -0.1) is 0 Å². The van der Waals surface area contributed by atoms with Crippen LogP contribution in [0.1, 0.15) is 24.4 Å². The average molecular weight is 273 g/mol. The van der Waals surface area contributed by atoms with Gasteiger partial charge in [-0.25, -0.2) is 0 Å². The van der Waals surface area contributed by atoms with Crippen molar-refractivity contribution in [3.05, 3.63) is 29.8 Å². The van der Waals surface area contributed by atoms with Crippen LogP contribution in [0.15, 0.2) is 24.3 Å². The third kappa shape index (κ3) is 3.39. The number of rotatable bonds is 4. The molecule has 0 radical (unpaired) electrons. The van der Waals surface area contributed by atoms with Crippen LogP contribution >= 0.6 is 0 Å². The first-order chi connectivity index (χ1) is 8.91. The monoisotopic (exact) mass is 273 g/mol. The maximum Gasteiger partial charge on any atom is 0.412 e. The van der Waals surface area contributed by atoms with Gasteiger partial charge in [-0.05, 0) is 30.5 Å². The predicted molar refractivity (Wildman–Crippen MR) is 62.7 cm³/mol. The number of alkyl halides is 3. The zero-order valence-electron chi connectivity index (χ0n) is 10.3. The van der Waals surface area contributed by atoms with Crippen LogP contribution in [0, 0.1) is 5.92 Å². The van der Waals surface area contributed by atoms with Crippen LogP contribution < -0.4 is 10.1 Å². The lowest BCUT2D eigenvalue weighted by molar-refractivity contribution is -0.163. The number of hydrogen-bond donors (Lipinski definition) is 1. The van der Waals surface area contributed by atoms with E-state index in [1.807, 2.05) is 0 Å². The number of halogens is 3. The second-order valence-electron chi connectivity index (χ2n) is 4.53. The van der Waals surface area contributed by atoms with Crippen molar-refractivity contribution in [1.29, 1.82) is 0 Å². The molecule has 1 aliphatic rings.